The van der Waals surface area contributed by atoms with Crippen molar-refractivity contribution in [2.75, 3.05) is 0 Å². The van der Waals surface area contributed by atoms with Gasteiger partial charge < -0.3 is 0 Å². The fraction of sp³-hybridized carbons (Fsp3) is 0.278. The van der Waals surface area contributed by atoms with Gasteiger partial charge in [0, 0.05) is 12.5 Å². The maximum Gasteiger partial charge on any atom is 0.245 e. The van der Waals surface area contributed by atoms with E-state index in [1.807, 2.05) is 67.6 Å². The van der Waals surface area contributed by atoms with E-state index in [1.54, 1.807) is 0 Å². The van der Waals surface area contributed by atoms with Crippen molar-refractivity contribution < 1.29 is 14.5 Å². The fourth-order valence-electron chi connectivity index (χ4n) is 1.98. The highest BCUT2D eigenvalue weighted by Gasteiger charge is 2.09. The van der Waals surface area contributed by atoms with Crippen LogP contribution in [0.3, 0.4) is 0 Å². The van der Waals surface area contributed by atoms with Gasteiger partial charge in [-0.25, -0.2) is 5.48 Å². The number of carbonyl (C=O) groups excluding carboxylic acids is 1. The van der Waals surface area contributed by atoms with Crippen LogP contribution in [0.4, 0.5) is 0 Å². The van der Waals surface area contributed by atoms with E-state index in [0.29, 0.717) is 13.2 Å². The molecular formula is C18H22N2O3. The number of benzene rings is 2. The van der Waals surface area contributed by atoms with Crippen LogP contribution in [-0.2, 0) is 27.7 Å². The molecule has 0 bridgehead atoms. The summed E-state index contributed by atoms with van der Waals surface area (Å²) in [5.74, 6) is -0.191. The summed E-state index contributed by atoms with van der Waals surface area (Å²) in [5.41, 5.74) is 7.37. The van der Waals surface area contributed by atoms with Crippen LogP contribution >= 0.6 is 0 Å². The minimum atomic E-state index is -0.191. The molecule has 0 radical (unpaired) electrons. The Morgan fingerprint density at radius 2 is 1.43 bits per heavy atom. The normalized spacial score (nSPS) is 11.9. The predicted molar refractivity (Wildman–Crippen MR) is 87.8 cm³/mol. The lowest BCUT2D eigenvalue weighted by Crippen LogP contribution is -2.33. The molecule has 1 unspecified atom stereocenters. The number of hydroxylamine groups is 2. The van der Waals surface area contributed by atoms with Crippen LogP contribution in [0.1, 0.15) is 24.5 Å². The van der Waals surface area contributed by atoms with Gasteiger partial charge >= 0.3 is 0 Å². The Morgan fingerprint density at radius 3 is 2.00 bits per heavy atom. The maximum atomic E-state index is 11.7. The molecule has 0 saturated heterocycles. The zero-order chi connectivity index (χ0) is 16.3. The molecule has 2 aromatic rings. The average Bonchev–Trinajstić information content (AvgIpc) is 2.57. The Balaban J connectivity index is 1.57. The van der Waals surface area contributed by atoms with E-state index in [9.17, 15) is 4.79 Å². The molecule has 5 nitrogen and oxygen atoms in total. The summed E-state index contributed by atoms with van der Waals surface area (Å²) in [4.78, 5) is 22.3. The highest BCUT2D eigenvalue weighted by Crippen LogP contribution is 2.01. The van der Waals surface area contributed by atoms with Crippen molar-refractivity contribution in [2.24, 2.45) is 0 Å². The van der Waals surface area contributed by atoms with Gasteiger partial charge in [0.05, 0.1) is 13.2 Å². The van der Waals surface area contributed by atoms with E-state index in [1.165, 1.54) is 0 Å². The molecule has 1 atom stereocenters. The van der Waals surface area contributed by atoms with Crippen LogP contribution in [-0.4, -0.2) is 11.9 Å². The van der Waals surface area contributed by atoms with Crippen molar-refractivity contribution in [3.05, 3.63) is 71.8 Å². The summed E-state index contributed by atoms with van der Waals surface area (Å²) in [7, 11) is 0. The topological polar surface area (TPSA) is 59.6 Å². The van der Waals surface area contributed by atoms with Crippen LogP contribution in [0.15, 0.2) is 60.7 Å². The van der Waals surface area contributed by atoms with Crippen LogP contribution in [0.2, 0.25) is 0 Å². The third-order valence-electron chi connectivity index (χ3n) is 3.13. The van der Waals surface area contributed by atoms with Crippen molar-refractivity contribution in [3.63, 3.8) is 0 Å². The zero-order valence-electron chi connectivity index (χ0n) is 13.2. The van der Waals surface area contributed by atoms with Gasteiger partial charge in [-0.2, -0.15) is 5.48 Å². The van der Waals surface area contributed by atoms with Gasteiger partial charge in [0.15, 0.2) is 0 Å². The summed E-state index contributed by atoms with van der Waals surface area (Å²) in [5, 5.41) is 0. The molecule has 2 rings (SSSR count). The van der Waals surface area contributed by atoms with Crippen molar-refractivity contribution in [1.82, 2.24) is 11.0 Å². The molecule has 0 aliphatic rings. The number of hydrogen-bond acceptors (Lipinski definition) is 4. The van der Waals surface area contributed by atoms with Gasteiger partial charge in [-0.1, -0.05) is 60.7 Å². The van der Waals surface area contributed by atoms with E-state index < -0.39 is 0 Å². The molecule has 2 N–H and O–H groups in total. The average molecular weight is 314 g/mol. The lowest BCUT2D eigenvalue weighted by molar-refractivity contribution is -0.136. The summed E-state index contributed by atoms with van der Waals surface area (Å²) in [6, 6.07) is 19.4. The standard InChI is InChI=1S/C18H22N2O3/c1-15(19-22-13-16-8-4-2-5-9-16)12-18(21)20-23-14-17-10-6-3-7-11-17/h2-11,15,19H,12-14H2,1H3,(H,20,21). The Kier molecular flexibility index (Phi) is 7.26. The van der Waals surface area contributed by atoms with E-state index in [-0.39, 0.29) is 18.4 Å². The van der Waals surface area contributed by atoms with E-state index in [2.05, 4.69) is 11.0 Å². The lowest BCUT2D eigenvalue weighted by atomic mass is 10.2. The number of rotatable bonds is 9. The molecule has 0 aliphatic heterocycles. The van der Waals surface area contributed by atoms with Crippen LogP contribution < -0.4 is 11.0 Å². The van der Waals surface area contributed by atoms with E-state index in [4.69, 9.17) is 9.68 Å². The highest BCUT2D eigenvalue weighted by molar-refractivity contribution is 5.75. The van der Waals surface area contributed by atoms with Crippen molar-refractivity contribution in [1.29, 1.82) is 0 Å². The summed E-state index contributed by atoms with van der Waals surface area (Å²) < 4.78 is 0. The molecule has 0 heterocycles. The van der Waals surface area contributed by atoms with E-state index >= 15 is 0 Å². The number of carbonyl (C=O) groups is 1. The minimum Gasteiger partial charge on any atom is -0.297 e. The molecule has 0 aromatic heterocycles. The van der Waals surface area contributed by atoms with Gasteiger partial charge in [0.2, 0.25) is 5.91 Å². The molecule has 5 heteroatoms. The summed E-state index contributed by atoms with van der Waals surface area (Å²) in [6.45, 7) is 2.68. The molecule has 1 amide bonds. The fourth-order valence-corrected chi connectivity index (χ4v) is 1.98. The van der Waals surface area contributed by atoms with Gasteiger partial charge in [0.1, 0.15) is 0 Å². The second-order valence-corrected chi connectivity index (χ2v) is 5.30. The molecule has 0 spiro atoms. The lowest BCUT2D eigenvalue weighted by Gasteiger charge is -2.13. The van der Waals surface area contributed by atoms with Gasteiger partial charge in [0.25, 0.3) is 0 Å². The quantitative estimate of drug-likeness (QED) is 0.699. The highest BCUT2D eigenvalue weighted by atomic mass is 16.7. The monoisotopic (exact) mass is 314 g/mol. The Labute approximate surface area is 136 Å². The summed E-state index contributed by atoms with van der Waals surface area (Å²) >= 11 is 0. The molecule has 23 heavy (non-hydrogen) atoms. The van der Waals surface area contributed by atoms with Crippen LogP contribution in [0.5, 0.6) is 0 Å². The molecule has 0 aliphatic carbocycles. The Hall–Kier alpha value is -2.21. The third kappa shape index (κ3) is 7.06. The first-order chi connectivity index (χ1) is 11.2. The molecular weight excluding hydrogens is 292 g/mol. The largest absolute Gasteiger partial charge is 0.297 e. The first-order valence-corrected chi connectivity index (χ1v) is 7.60. The summed E-state index contributed by atoms with van der Waals surface area (Å²) in [6.07, 6.45) is 0.267. The van der Waals surface area contributed by atoms with E-state index in [0.717, 1.165) is 11.1 Å². The van der Waals surface area contributed by atoms with Gasteiger partial charge in [-0.05, 0) is 18.1 Å². The Bertz CT molecular complexity index is 575. The molecule has 0 fully saturated rings. The van der Waals surface area contributed by atoms with Crippen LogP contribution in [0, 0.1) is 0 Å². The van der Waals surface area contributed by atoms with Crippen LogP contribution in [0.25, 0.3) is 0 Å². The van der Waals surface area contributed by atoms with Crippen molar-refractivity contribution in [2.45, 2.75) is 32.6 Å². The number of nitrogens with one attached hydrogen (secondary N) is 2. The molecule has 122 valence electrons. The van der Waals surface area contributed by atoms with Crippen molar-refractivity contribution >= 4 is 5.91 Å². The zero-order valence-corrected chi connectivity index (χ0v) is 13.2. The van der Waals surface area contributed by atoms with Gasteiger partial charge in [-0.3, -0.25) is 14.5 Å². The molecule has 2 aromatic carbocycles. The number of hydrogen-bond donors (Lipinski definition) is 2. The SMILES string of the molecule is CC(CC(=O)NOCc1ccccc1)NOCc1ccccc1. The predicted octanol–water partition coefficient (Wildman–Crippen LogP) is 2.73. The van der Waals surface area contributed by atoms with Gasteiger partial charge in [-0.15, -0.1) is 0 Å². The van der Waals surface area contributed by atoms with Crippen molar-refractivity contribution in [3.8, 4) is 0 Å². The third-order valence-corrected chi connectivity index (χ3v) is 3.13. The smallest absolute Gasteiger partial charge is 0.245 e. The number of amides is 1. The second kappa shape index (κ2) is 9.74. The maximum absolute atomic E-state index is 11.7. The Morgan fingerprint density at radius 1 is 0.913 bits per heavy atom. The molecule has 0 saturated carbocycles. The minimum absolute atomic E-state index is 0.112. The first kappa shape index (κ1) is 17.1. The second-order valence-electron chi connectivity index (χ2n) is 5.30. The first-order valence-electron chi connectivity index (χ1n) is 7.60.